The quantitative estimate of drug-likeness (QED) is 0.714. The molecule has 2 nitrogen and oxygen atoms in total. The Kier molecular flexibility index (Phi) is 2.73. The van der Waals surface area contributed by atoms with E-state index in [2.05, 4.69) is 12.2 Å². The van der Waals surface area contributed by atoms with E-state index in [1.165, 1.54) is 12.8 Å². The maximum Gasteiger partial charge on any atom is 0.120 e. The van der Waals surface area contributed by atoms with Crippen LogP contribution in [0.4, 0.5) is 0 Å². The van der Waals surface area contributed by atoms with E-state index in [4.69, 9.17) is 0 Å². The Balaban J connectivity index is 2.25. The monoisotopic (exact) mass is 191 g/mol. The van der Waals surface area contributed by atoms with Crippen LogP contribution in [0.2, 0.25) is 0 Å². The fraction of sp³-hybridized carbons (Fsp3) is 0.500. The van der Waals surface area contributed by atoms with Crippen molar-refractivity contribution in [2.75, 3.05) is 6.54 Å². The van der Waals surface area contributed by atoms with Gasteiger partial charge in [0.15, 0.2) is 0 Å². The number of phenolic OH excluding ortho intramolecular Hbond substituents is 1. The summed E-state index contributed by atoms with van der Waals surface area (Å²) in [4.78, 5) is 0. The molecule has 0 spiro atoms. The molecule has 2 atom stereocenters. The third-order valence-corrected chi connectivity index (χ3v) is 3.04. The summed E-state index contributed by atoms with van der Waals surface area (Å²) in [5, 5.41) is 13.2. The highest BCUT2D eigenvalue weighted by Gasteiger charge is 2.23. The van der Waals surface area contributed by atoms with Gasteiger partial charge < -0.3 is 10.4 Å². The highest BCUT2D eigenvalue weighted by Crippen LogP contribution is 2.33. The molecule has 2 heteroatoms. The molecular weight excluding hydrogens is 174 g/mol. The van der Waals surface area contributed by atoms with E-state index < -0.39 is 0 Å². The molecule has 1 aliphatic rings. The van der Waals surface area contributed by atoms with Gasteiger partial charge in [0, 0.05) is 11.6 Å². The average Bonchev–Trinajstić information content (AvgIpc) is 2.20. The molecule has 2 unspecified atom stereocenters. The molecule has 0 bridgehead atoms. The fourth-order valence-electron chi connectivity index (χ4n) is 2.22. The topological polar surface area (TPSA) is 32.3 Å². The molecule has 1 heterocycles. The first-order valence-electron chi connectivity index (χ1n) is 5.30. The van der Waals surface area contributed by atoms with E-state index in [-0.39, 0.29) is 0 Å². The Morgan fingerprint density at radius 1 is 1.36 bits per heavy atom. The summed E-state index contributed by atoms with van der Waals surface area (Å²) in [7, 11) is 0. The smallest absolute Gasteiger partial charge is 0.120 e. The lowest BCUT2D eigenvalue weighted by molar-refractivity contribution is 0.298. The predicted molar refractivity (Wildman–Crippen MR) is 57.2 cm³/mol. The van der Waals surface area contributed by atoms with Gasteiger partial charge in [-0.15, -0.1) is 0 Å². The van der Waals surface area contributed by atoms with E-state index in [1.54, 1.807) is 6.07 Å². The van der Waals surface area contributed by atoms with Gasteiger partial charge in [0.05, 0.1) is 0 Å². The first-order chi connectivity index (χ1) is 6.79. The number of aromatic hydroxyl groups is 1. The SMILES string of the molecule is CC1CCCNC1c1ccccc1O. The minimum Gasteiger partial charge on any atom is -0.508 e. The first kappa shape index (κ1) is 9.53. The Morgan fingerprint density at radius 3 is 2.86 bits per heavy atom. The summed E-state index contributed by atoms with van der Waals surface area (Å²) < 4.78 is 0. The van der Waals surface area contributed by atoms with Gasteiger partial charge in [-0.2, -0.15) is 0 Å². The highest BCUT2D eigenvalue weighted by atomic mass is 16.3. The van der Waals surface area contributed by atoms with Crippen molar-refractivity contribution < 1.29 is 5.11 Å². The zero-order valence-corrected chi connectivity index (χ0v) is 8.53. The van der Waals surface area contributed by atoms with Crippen molar-refractivity contribution in [1.82, 2.24) is 5.32 Å². The molecule has 0 saturated carbocycles. The third-order valence-electron chi connectivity index (χ3n) is 3.04. The summed E-state index contributed by atoms with van der Waals surface area (Å²) >= 11 is 0. The molecule has 1 aromatic carbocycles. The van der Waals surface area contributed by atoms with Crippen LogP contribution in [-0.4, -0.2) is 11.7 Å². The van der Waals surface area contributed by atoms with Crippen LogP contribution >= 0.6 is 0 Å². The van der Waals surface area contributed by atoms with E-state index in [1.807, 2.05) is 18.2 Å². The lowest BCUT2D eigenvalue weighted by atomic mass is 9.87. The number of benzene rings is 1. The van der Waals surface area contributed by atoms with Crippen LogP contribution in [0.1, 0.15) is 31.4 Å². The Bertz CT molecular complexity index is 311. The molecule has 1 saturated heterocycles. The maximum absolute atomic E-state index is 9.74. The van der Waals surface area contributed by atoms with Gasteiger partial charge in [-0.3, -0.25) is 0 Å². The molecule has 2 N–H and O–H groups in total. The molecule has 2 rings (SSSR count). The maximum atomic E-state index is 9.74. The largest absolute Gasteiger partial charge is 0.508 e. The van der Waals surface area contributed by atoms with E-state index in [9.17, 15) is 5.11 Å². The van der Waals surface area contributed by atoms with Crippen LogP contribution < -0.4 is 5.32 Å². The first-order valence-corrected chi connectivity index (χ1v) is 5.30. The van der Waals surface area contributed by atoms with Crippen molar-refractivity contribution in [3.8, 4) is 5.75 Å². The van der Waals surface area contributed by atoms with Crippen LogP contribution in [0, 0.1) is 5.92 Å². The summed E-state index contributed by atoms with van der Waals surface area (Å²) in [6.07, 6.45) is 2.48. The van der Waals surface area contributed by atoms with Crippen LogP contribution in [0.15, 0.2) is 24.3 Å². The second-order valence-electron chi connectivity index (χ2n) is 4.11. The van der Waals surface area contributed by atoms with Crippen molar-refractivity contribution in [2.45, 2.75) is 25.8 Å². The van der Waals surface area contributed by atoms with Crippen molar-refractivity contribution in [3.05, 3.63) is 29.8 Å². The fourth-order valence-corrected chi connectivity index (χ4v) is 2.22. The second kappa shape index (κ2) is 4.01. The number of hydrogen-bond donors (Lipinski definition) is 2. The highest BCUT2D eigenvalue weighted by molar-refractivity contribution is 5.35. The zero-order valence-electron chi connectivity index (χ0n) is 8.53. The number of rotatable bonds is 1. The molecular formula is C12H17NO. The van der Waals surface area contributed by atoms with Crippen molar-refractivity contribution in [3.63, 3.8) is 0 Å². The number of phenols is 1. The van der Waals surface area contributed by atoms with E-state index >= 15 is 0 Å². The van der Waals surface area contributed by atoms with Gasteiger partial charge in [0.1, 0.15) is 5.75 Å². The minimum absolute atomic E-state index is 0.324. The molecule has 1 aromatic rings. The Hall–Kier alpha value is -1.02. The molecule has 1 fully saturated rings. The lowest BCUT2D eigenvalue weighted by Gasteiger charge is -2.30. The van der Waals surface area contributed by atoms with E-state index in [0.29, 0.717) is 17.7 Å². The molecule has 0 amide bonds. The molecule has 0 aliphatic carbocycles. The van der Waals surface area contributed by atoms with Crippen molar-refractivity contribution >= 4 is 0 Å². The summed E-state index contributed by atoms with van der Waals surface area (Å²) in [5.41, 5.74) is 1.04. The number of para-hydroxylation sites is 1. The summed E-state index contributed by atoms with van der Waals surface area (Å²) in [5.74, 6) is 1.02. The van der Waals surface area contributed by atoms with Gasteiger partial charge in [-0.25, -0.2) is 0 Å². The van der Waals surface area contributed by atoms with Crippen molar-refractivity contribution in [2.24, 2.45) is 5.92 Å². The molecule has 0 aromatic heterocycles. The van der Waals surface area contributed by atoms with Gasteiger partial charge in [-0.1, -0.05) is 25.1 Å². The van der Waals surface area contributed by atoms with Gasteiger partial charge in [0.2, 0.25) is 0 Å². The lowest BCUT2D eigenvalue weighted by Crippen LogP contribution is -2.32. The summed E-state index contributed by atoms with van der Waals surface area (Å²) in [6.45, 7) is 3.30. The van der Waals surface area contributed by atoms with Gasteiger partial charge >= 0.3 is 0 Å². The molecule has 1 aliphatic heterocycles. The van der Waals surface area contributed by atoms with Gasteiger partial charge in [0.25, 0.3) is 0 Å². The number of nitrogens with one attached hydrogen (secondary N) is 1. The van der Waals surface area contributed by atoms with Crippen LogP contribution in [-0.2, 0) is 0 Å². The zero-order chi connectivity index (χ0) is 9.97. The average molecular weight is 191 g/mol. The van der Waals surface area contributed by atoms with Crippen LogP contribution in [0.3, 0.4) is 0 Å². The second-order valence-corrected chi connectivity index (χ2v) is 4.11. The standard InChI is InChI=1S/C12H17NO/c1-9-5-4-8-13-12(9)10-6-2-3-7-11(10)14/h2-3,6-7,9,12-14H,4-5,8H2,1H3. The Labute approximate surface area is 85.0 Å². The minimum atomic E-state index is 0.324. The molecule has 76 valence electrons. The Morgan fingerprint density at radius 2 is 2.14 bits per heavy atom. The predicted octanol–water partition coefficient (Wildman–Crippen LogP) is 2.45. The molecule has 0 radical (unpaired) electrons. The van der Waals surface area contributed by atoms with Gasteiger partial charge in [-0.05, 0) is 31.4 Å². The molecule has 14 heavy (non-hydrogen) atoms. The van der Waals surface area contributed by atoms with Crippen LogP contribution in [0.5, 0.6) is 5.75 Å². The number of hydrogen-bond acceptors (Lipinski definition) is 2. The van der Waals surface area contributed by atoms with Crippen LogP contribution in [0.25, 0.3) is 0 Å². The summed E-state index contributed by atoms with van der Waals surface area (Å²) in [6, 6.07) is 7.95. The number of piperidine rings is 1. The van der Waals surface area contributed by atoms with Crippen molar-refractivity contribution in [1.29, 1.82) is 0 Å². The normalized spacial score (nSPS) is 27.5. The third kappa shape index (κ3) is 1.75. The van der Waals surface area contributed by atoms with E-state index in [0.717, 1.165) is 12.1 Å².